The number of halogens is 1. The molecule has 0 saturated carbocycles. The predicted molar refractivity (Wildman–Crippen MR) is 73.1 cm³/mol. The van der Waals surface area contributed by atoms with E-state index in [1.54, 1.807) is 12.3 Å². The molecule has 0 aliphatic heterocycles. The largest absolute Gasteiger partial charge is 0.384 e. The maximum atomic E-state index is 7.43. The van der Waals surface area contributed by atoms with E-state index in [4.69, 9.17) is 22.7 Å². The molecule has 0 aliphatic carbocycles. The maximum absolute atomic E-state index is 7.43. The van der Waals surface area contributed by atoms with E-state index in [2.05, 4.69) is 11.9 Å². The number of nitrogen functional groups attached to an aromatic ring is 1. The first-order valence-electron chi connectivity index (χ1n) is 5.78. The lowest BCUT2D eigenvalue weighted by atomic mass is 10.2. The Morgan fingerprint density at radius 2 is 2.24 bits per heavy atom. The van der Waals surface area contributed by atoms with Crippen molar-refractivity contribution in [2.75, 3.05) is 18.5 Å². The Hall–Kier alpha value is -1.29. The number of anilines is 1. The number of hydrogen-bond acceptors (Lipinski definition) is 3. The molecule has 1 aromatic rings. The molecule has 1 aromatic heterocycles. The third kappa shape index (κ3) is 3.60. The second-order valence-electron chi connectivity index (χ2n) is 4.04. The fourth-order valence-electron chi connectivity index (χ4n) is 1.61. The molecule has 0 fully saturated rings. The molecule has 3 N–H and O–H groups in total. The Bertz CT molecular complexity index is 392. The molecule has 94 valence electrons. The summed E-state index contributed by atoms with van der Waals surface area (Å²) in [7, 11) is 1.95. The molecule has 5 heteroatoms. The molecule has 17 heavy (non-hydrogen) atoms. The molecule has 4 nitrogen and oxygen atoms in total. The van der Waals surface area contributed by atoms with Gasteiger partial charge < -0.3 is 10.6 Å². The number of rotatable bonds is 6. The lowest BCUT2D eigenvalue weighted by molar-refractivity contribution is 0.701. The van der Waals surface area contributed by atoms with Gasteiger partial charge in [0.15, 0.2) is 0 Å². The molecule has 0 atom stereocenters. The van der Waals surface area contributed by atoms with Crippen molar-refractivity contribution in [2.24, 2.45) is 5.73 Å². The number of nitrogens with two attached hydrogens (primary N) is 1. The van der Waals surface area contributed by atoms with E-state index in [0.717, 1.165) is 13.0 Å². The monoisotopic (exact) mass is 254 g/mol. The van der Waals surface area contributed by atoms with E-state index in [0.29, 0.717) is 16.4 Å². The van der Waals surface area contributed by atoms with Crippen LogP contribution < -0.4 is 10.6 Å². The van der Waals surface area contributed by atoms with Gasteiger partial charge in [-0.25, -0.2) is 4.98 Å². The first-order chi connectivity index (χ1) is 8.07. The number of unbranched alkanes of at least 4 members (excludes halogenated alkanes) is 2. The lowest BCUT2D eigenvalue weighted by Gasteiger charge is -2.20. The minimum Gasteiger partial charge on any atom is -0.384 e. The van der Waals surface area contributed by atoms with Crippen molar-refractivity contribution in [3.05, 3.63) is 22.8 Å². The molecule has 0 unspecified atom stereocenters. The van der Waals surface area contributed by atoms with Crippen molar-refractivity contribution < 1.29 is 0 Å². The number of nitrogens with one attached hydrogen (secondary N) is 1. The van der Waals surface area contributed by atoms with Crippen molar-refractivity contribution in [3.63, 3.8) is 0 Å². The van der Waals surface area contributed by atoms with Gasteiger partial charge in [0.2, 0.25) is 0 Å². The minimum atomic E-state index is -0.0272. The highest BCUT2D eigenvalue weighted by Gasteiger charge is 2.12. The molecule has 1 rings (SSSR count). The number of hydrogen-bond donors (Lipinski definition) is 2. The molecular weight excluding hydrogens is 236 g/mol. The second kappa shape index (κ2) is 6.45. The number of aromatic nitrogens is 1. The lowest BCUT2D eigenvalue weighted by Crippen LogP contribution is -2.21. The topological polar surface area (TPSA) is 66.0 Å². The average Bonchev–Trinajstić information content (AvgIpc) is 2.29. The predicted octanol–water partition coefficient (Wildman–Crippen LogP) is 2.65. The van der Waals surface area contributed by atoms with Crippen molar-refractivity contribution >= 4 is 23.3 Å². The minimum absolute atomic E-state index is 0.0272. The van der Waals surface area contributed by atoms with Gasteiger partial charge in [-0.2, -0.15) is 0 Å². The number of pyridine rings is 1. The molecule has 0 radical (unpaired) electrons. The smallest absolute Gasteiger partial charge is 0.147 e. The summed E-state index contributed by atoms with van der Waals surface area (Å²) in [5.41, 5.74) is 6.00. The van der Waals surface area contributed by atoms with Crippen molar-refractivity contribution in [1.82, 2.24) is 4.98 Å². The van der Waals surface area contributed by atoms with E-state index < -0.39 is 0 Å². The number of amidine groups is 1. The molecule has 0 aliphatic rings. The highest BCUT2D eigenvalue weighted by molar-refractivity contribution is 6.36. The van der Waals surface area contributed by atoms with Crippen LogP contribution >= 0.6 is 11.6 Å². The van der Waals surface area contributed by atoms with Crippen molar-refractivity contribution in [3.8, 4) is 0 Å². The second-order valence-corrected chi connectivity index (χ2v) is 4.42. The van der Waals surface area contributed by atoms with Crippen LogP contribution in [0.15, 0.2) is 12.3 Å². The highest BCUT2D eigenvalue weighted by atomic mass is 35.5. The maximum Gasteiger partial charge on any atom is 0.147 e. The standard InChI is InChI=1S/C12H19ClN4/c1-3-4-5-8-17(2)12-10(13)9(11(14)15)6-7-16-12/h6-7H,3-5,8H2,1-2H3,(H3,14,15). The van der Waals surface area contributed by atoms with Crippen LogP contribution in [0.2, 0.25) is 5.02 Å². The van der Waals surface area contributed by atoms with Gasteiger partial charge in [-0.05, 0) is 12.5 Å². The van der Waals surface area contributed by atoms with Gasteiger partial charge in [0, 0.05) is 25.4 Å². The van der Waals surface area contributed by atoms with Gasteiger partial charge in [-0.1, -0.05) is 31.4 Å². The molecule has 0 saturated heterocycles. The van der Waals surface area contributed by atoms with Crippen LogP contribution in [0, 0.1) is 5.41 Å². The third-order valence-corrected chi connectivity index (χ3v) is 2.99. The molecular formula is C12H19ClN4. The summed E-state index contributed by atoms with van der Waals surface area (Å²) >= 11 is 6.19. The molecule has 0 bridgehead atoms. The van der Waals surface area contributed by atoms with E-state index in [9.17, 15) is 0 Å². The van der Waals surface area contributed by atoms with Gasteiger partial charge in [0.1, 0.15) is 11.7 Å². The quantitative estimate of drug-likeness (QED) is 0.466. The zero-order valence-corrected chi connectivity index (χ0v) is 11.1. The van der Waals surface area contributed by atoms with Crippen LogP contribution in [0.3, 0.4) is 0 Å². The first kappa shape index (κ1) is 13.8. The molecule has 0 amide bonds. The fourth-order valence-corrected chi connectivity index (χ4v) is 1.97. The Labute approximate surface area is 107 Å². The van der Waals surface area contributed by atoms with Crippen LogP contribution in [-0.4, -0.2) is 24.4 Å². The summed E-state index contributed by atoms with van der Waals surface area (Å²) in [6.07, 6.45) is 5.11. The Balaban J connectivity index is 2.83. The molecule has 0 aromatic carbocycles. The summed E-state index contributed by atoms with van der Waals surface area (Å²) in [5.74, 6) is 0.663. The van der Waals surface area contributed by atoms with Crippen molar-refractivity contribution in [1.29, 1.82) is 5.41 Å². The SMILES string of the molecule is CCCCCN(C)c1nccc(C(=N)N)c1Cl. The van der Waals surface area contributed by atoms with Crippen LogP contribution in [-0.2, 0) is 0 Å². The highest BCUT2D eigenvalue weighted by Crippen LogP contribution is 2.25. The number of nitrogens with zero attached hydrogens (tertiary/aromatic N) is 2. The summed E-state index contributed by atoms with van der Waals surface area (Å²) in [6, 6.07) is 1.66. The Morgan fingerprint density at radius 3 is 2.82 bits per heavy atom. The summed E-state index contributed by atoms with van der Waals surface area (Å²) in [6.45, 7) is 3.07. The fraction of sp³-hybridized carbons (Fsp3) is 0.500. The Kier molecular flexibility index (Phi) is 5.22. The summed E-state index contributed by atoms with van der Waals surface area (Å²) in [5, 5.41) is 7.89. The van der Waals surface area contributed by atoms with Crippen LogP contribution in [0.4, 0.5) is 5.82 Å². The van der Waals surface area contributed by atoms with Gasteiger partial charge in [-0.15, -0.1) is 0 Å². The normalized spacial score (nSPS) is 10.3. The van der Waals surface area contributed by atoms with E-state index >= 15 is 0 Å². The summed E-state index contributed by atoms with van der Waals surface area (Å²) < 4.78 is 0. The zero-order valence-electron chi connectivity index (χ0n) is 10.3. The molecule has 0 spiro atoms. The van der Waals surface area contributed by atoms with E-state index in [-0.39, 0.29) is 5.84 Å². The first-order valence-corrected chi connectivity index (χ1v) is 6.15. The van der Waals surface area contributed by atoms with Crippen LogP contribution in [0.5, 0.6) is 0 Å². The van der Waals surface area contributed by atoms with Crippen molar-refractivity contribution in [2.45, 2.75) is 26.2 Å². The third-order valence-electron chi connectivity index (χ3n) is 2.62. The van der Waals surface area contributed by atoms with E-state index in [1.807, 2.05) is 11.9 Å². The van der Waals surface area contributed by atoms with Crippen LogP contribution in [0.1, 0.15) is 31.7 Å². The Morgan fingerprint density at radius 1 is 1.53 bits per heavy atom. The van der Waals surface area contributed by atoms with Gasteiger partial charge in [0.25, 0.3) is 0 Å². The zero-order chi connectivity index (χ0) is 12.8. The van der Waals surface area contributed by atoms with E-state index in [1.165, 1.54) is 12.8 Å². The van der Waals surface area contributed by atoms with Crippen LogP contribution in [0.25, 0.3) is 0 Å². The summed E-state index contributed by atoms with van der Waals surface area (Å²) in [4.78, 5) is 6.25. The van der Waals surface area contributed by atoms with Gasteiger partial charge in [0.05, 0.1) is 5.02 Å². The van der Waals surface area contributed by atoms with Gasteiger partial charge >= 0.3 is 0 Å². The average molecular weight is 255 g/mol. The molecule has 1 heterocycles. The van der Waals surface area contributed by atoms with Gasteiger partial charge in [-0.3, -0.25) is 5.41 Å².